The molecule has 1 aromatic heterocycles. The van der Waals surface area contributed by atoms with Gasteiger partial charge in [0.25, 0.3) is 5.56 Å². The first kappa shape index (κ1) is 13.0. The van der Waals surface area contributed by atoms with Gasteiger partial charge in [-0.25, -0.2) is 18.4 Å². The van der Waals surface area contributed by atoms with Gasteiger partial charge in [-0.15, -0.1) is 0 Å². The van der Waals surface area contributed by atoms with Crippen molar-refractivity contribution >= 4 is 10.0 Å². The summed E-state index contributed by atoms with van der Waals surface area (Å²) in [6.45, 7) is 0.415. The van der Waals surface area contributed by atoms with Crippen LogP contribution in [0, 0.1) is 5.92 Å². The van der Waals surface area contributed by atoms with E-state index in [0.717, 1.165) is 31.9 Å². The first-order chi connectivity index (χ1) is 8.38. The van der Waals surface area contributed by atoms with Gasteiger partial charge in [0.2, 0.25) is 10.0 Å². The van der Waals surface area contributed by atoms with E-state index < -0.39 is 26.2 Å². The maximum Gasteiger partial charge on any atom is 0.328 e. The van der Waals surface area contributed by atoms with Crippen molar-refractivity contribution in [3.63, 3.8) is 0 Å². The third kappa shape index (κ3) is 2.70. The topological polar surface area (TPSA) is 115 Å². The van der Waals surface area contributed by atoms with Crippen LogP contribution in [0.3, 0.4) is 0 Å². The third-order valence-corrected chi connectivity index (χ3v) is 4.12. The molecule has 0 aliphatic heterocycles. The highest BCUT2D eigenvalue weighted by Gasteiger charge is 2.19. The van der Waals surface area contributed by atoms with Crippen LogP contribution in [0.2, 0.25) is 0 Å². The summed E-state index contributed by atoms with van der Waals surface area (Å²) in [6.07, 6.45) is 5.29. The standard InChI is InChI=1S/C10H15N3O4S/c11-18(16,17)8-6-13(10(15)12-9(8)14)5-7-3-1-2-4-7/h6-7H,1-5H2,(H2,11,16,17)(H,12,14,15). The van der Waals surface area contributed by atoms with Crippen LogP contribution < -0.4 is 16.4 Å². The number of H-pyrrole nitrogens is 1. The summed E-state index contributed by atoms with van der Waals surface area (Å²) < 4.78 is 23.6. The van der Waals surface area contributed by atoms with Gasteiger partial charge in [-0.2, -0.15) is 0 Å². The molecule has 3 N–H and O–H groups in total. The van der Waals surface area contributed by atoms with E-state index in [4.69, 9.17) is 5.14 Å². The minimum Gasteiger partial charge on any atom is -0.299 e. The molecule has 0 saturated heterocycles. The van der Waals surface area contributed by atoms with E-state index >= 15 is 0 Å². The van der Waals surface area contributed by atoms with Gasteiger partial charge in [-0.3, -0.25) is 14.3 Å². The van der Waals surface area contributed by atoms with Crippen molar-refractivity contribution in [2.45, 2.75) is 37.1 Å². The smallest absolute Gasteiger partial charge is 0.299 e. The molecule has 0 amide bonds. The van der Waals surface area contributed by atoms with Crippen LogP contribution in [-0.4, -0.2) is 18.0 Å². The van der Waals surface area contributed by atoms with Crippen LogP contribution in [0.5, 0.6) is 0 Å². The molecule has 18 heavy (non-hydrogen) atoms. The minimum atomic E-state index is -4.11. The van der Waals surface area contributed by atoms with E-state index in [2.05, 4.69) is 0 Å². The summed E-state index contributed by atoms with van der Waals surface area (Å²) >= 11 is 0. The van der Waals surface area contributed by atoms with Crippen molar-refractivity contribution in [2.24, 2.45) is 11.1 Å². The Morgan fingerprint density at radius 2 is 1.94 bits per heavy atom. The molecular weight excluding hydrogens is 258 g/mol. The lowest BCUT2D eigenvalue weighted by Gasteiger charge is -2.11. The van der Waals surface area contributed by atoms with Gasteiger partial charge in [0.15, 0.2) is 4.90 Å². The molecule has 0 radical (unpaired) electrons. The van der Waals surface area contributed by atoms with Crippen molar-refractivity contribution < 1.29 is 8.42 Å². The second-order valence-corrected chi connectivity index (χ2v) is 6.13. The number of primary sulfonamides is 1. The molecule has 1 aliphatic carbocycles. The summed E-state index contributed by atoms with van der Waals surface area (Å²) in [5.41, 5.74) is -1.57. The van der Waals surface area contributed by atoms with Gasteiger partial charge < -0.3 is 0 Å². The number of aromatic amines is 1. The van der Waals surface area contributed by atoms with Crippen LogP contribution in [0.1, 0.15) is 25.7 Å². The molecule has 0 atom stereocenters. The second kappa shape index (κ2) is 4.69. The zero-order valence-corrected chi connectivity index (χ0v) is 10.6. The number of hydrogen-bond donors (Lipinski definition) is 2. The highest BCUT2D eigenvalue weighted by atomic mass is 32.2. The average Bonchev–Trinajstić information content (AvgIpc) is 2.72. The van der Waals surface area contributed by atoms with Gasteiger partial charge in [-0.1, -0.05) is 12.8 Å². The summed E-state index contributed by atoms with van der Waals surface area (Å²) in [5.74, 6) is 0.349. The maximum atomic E-state index is 11.6. The lowest BCUT2D eigenvalue weighted by molar-refractivity contribution is 0.439. The molecule has 0 spiro atoms. The van der Waals surface area contributed by atoms with Crippen LogP contribution in [0.4, 0.5) is 0 Å². The fourth-order valence-electron chi connectivity index (χ4n) is 2.30. The Morgan fingerprint density at radius 1 is 1.33 bits per heavy atom. The Morgan fingerprint density at radius 3 is 2.50 bits per heavy atom. The number of nitrogens with one attached hydrogen (secondary N) is 1. The van der Waals surface area contributed by atoms with Crippen LogP contribution in [0.15, 0.2) is 20.7 Å². The number of nitrogens with zero attached hydrogens (tertiary/aromatic N) is 1. The molecule has 100 valence electrons. The zero-order valence-electron chi connectivity index (χ0n) is 9.76. The highest BCUT2D eigenvalue weighted by molar-refractivity contribution is 7.89. The van der Waals surface area contributed by atoms with Gasteiger partial charge >= 0.3 is 5.69 Å². The third-order valence-electron chi connectivity index (χ3n) is 3.21. The van der Waals surface area contributed by atoms with Crippen molar-refractivity contribution in [2.75, 3.05) is 0 Å². The predicted molar refractivity (Wildman–Crippen MR) is 64.7 cm³/mol. The van der Waals surface area contributed by atoms with Gasteiger partial charge in [0.1, 0.15) is 0 Å². The molecule has 8 heteroatoms. The molecule has 2 rings (SSSR count). The molecule has 1 heterocycles. The number of sulfonamides is 1. The number of nitrogens with two attached hydrogens (primary N) is 1. The first-order valence-corrected chi connectivity index (χ1v) is 7.29. The maximum absolute atomic E-state index is 11.6. The Balaban J connectivity index is 2.41. The molecule has 1 fully saturated rings. The number of aromatic nitrogens is 2. The van der Waals surface area contributed by atoms with Crippen LogP contribution in [-0.2, 0) is 16.6 Å². The number of hydrogen-bond acceptors (Lipinski definition) is 4. The Labute approximate surface area is 104 Å². The van der Waals surface area contributed by atoms with Crippen molar-refractivity contribution in [1.82, 2.24) is 9.55 Å². The molecule has 7 nitrogen and oxygen atoms in total. The van der Waals surface area contributed by atoms with Gasteiger partial charge in [-0.05, 0) is 18.8 Å². The van der Waals surface area contributed by atoms with Crippen LogP contribution in [0.25, 0.3) is 0 Å². The SMILES string of the molecule is NS(=O)(=O)c1cn(CC2CCCC2)c(=O)[nH]c1=O. The zero-order chi connectivity index (χ0) is 13.3. The molecule has 0 aromatic carbocycles. The molecule has 1 aliphatic rings. The largest absolute Gasteiger partial charge is 0.328 e. The molecular formula is C10H15N3O4S. The average molecular weight is 273 g/mol. The van der Waals surface area contributed by atoms with E-state index in [1.807, 2.05) is 4.98 Å². The minimum absolute atomic E-state index is 0.349. The lowest BCUT2D eigenvalue weighted by Crippen LogP contribution is -2.35. The van der Waals surface area contributed by atoms with Gasteiger partial charge in [0, 0.05) is 12.7 Å². The van der Waals surface area contributed by atoms with Crippen molar-refractivity contribution in [1.29, 1.82) is 0 Å². The fraction of sp³-hybridized carbons (Fsp3) is 0.600. The lowest BCUT2D eigenvalue weighted by atomic mass is 10.1. The van der Waals surface area contributed by atoms with Crippen molar-refractivity contribution in [3.05, 3.63) is 27.0 Å². The molecule has 1 saturated carbocycles. The number of rotatable bonds is 3. The van der Waals surface area contributed by atoms with Crippen molar-refractivity contribution in [3.8, 4) is 0 Å². The Hall–Kier alpha value is -1.41. The van der Waals surface area contributed by atoms with Crippen LogP contribution >= 0.6 is 0 Å². The first-order valence-electron chi connectivity index (χ1n) is 5.74. The van der Waals surface area contributed by atoms with E-state index in [1.165, 1.54) is 4.57 Å². The summed E-state index contributed by atoms with van der Waals surface area (Å²) in [6, 6.07) is 0. The summed E-state index contributed by atoms with van der Waals surface area (Å²) in [5, 5.41) is 4.92. The Kier molecular flexibility index (Phi) is 3.40. The van der Waals surface area contributed by atoms with Gasteiger partial charge in [0.05, 0.1) is 0 Å². The molecule has 1 aromatic rings. The second-order valence-electron chi connectivity index (χ2n) is 4.60. The molecule has 0 unspecified atom stereocenters. The fourth-order valence-corrected chi connectivity index (χ4v) is 2.88. The Bertz CT molecular complexity index is 652. The highest BCUT2D eigenvalue weighted by Crippen LogP contribution is 2.25. The van der Waals surface area contributed by atoms with E-state index in [-0.39, 0.29) is 0 Å². The predicted octanol–water partition coefficient (Wildman–Crippen LogP) is -0.626. The monoisotopic (exact) mass is 273 g/mol. The van der Waals surface area contributed by atoms with E-state index in [0.29, 0.717) is 12.5 Å². The van der Waals surface area contributed by atoms with E-state index in [9.17, 15) is 18.0 Å². The normalized spacial score (nSPS) is 17.2. The van der Waals surface area contributed by atoms with E-state index in [1.54, 1.807) is 0 Å². The summed E-state index contributed by atoms with van der Waals surface area (Å²) in [4.78, 5) is 24.3. The molecule has 0 bridgehead atoms. The summed E-state index contributed by atoms with van der Waals surface area (Å²) in [7, 11) is -4.11. The quantitative estimate of drug-likeness (QED) is 0.763.